The van der Waals surface area contributed by atoms with Gasteiger partial charge in [-0.3, -0.25) is 14.4 Å². The molecule has 0 bridgehead atoms. The molecule has 2 aromatic heterocycles. The van der Waals surface area contributed by atoms with Crippen LogP contribution in [0.25, 0.3) is 10.9 Å². The fraction of sp³-hybridized carbons (Fsp3) is 0.321. The minimum Gasteiger partial charge on any atom is -0.343 e. The Morgan fingerprint density at radius 3 is 2.54 bits per heavy atom. The van der Waals surface area contributed by atoms with Gasteiger partial charge in [0.25, 0.3) is 5.56 Å². The molecule has 0 spiro atoms. The van der Waals surface area contributed by atoms with Crippen LogP contribution in [0.3, 0.4) is 0 Å². The third kappa shape index (κ3) is 4.65. The second kappa shape index (κ2) is 9.25. The number of hydrogen-bond acceptors (Lipinski definition) is 5. The zero-order valence-corrected chi connectivity index (χ0v) is 22.0. The van der Waals surface area contributed by atoms with Gasteiger partial charge >= 0.3 is 0 Å². The van der Waals surface area contributed by atoms with Crippen LogP contribution in [0.15, 0.2) is 75.8 Å². The maximum Gasteiger partial charge on any atom is 0.261 e. The summed E-state index contributed by atoms with van der Waals surface area (Å²) in [6, 6.07) is 19.4. The number of fused-ring (bicyclic) bond motifs is 1. The van der Waals surface area contributed by atoms with Gasteiger partial charge in [0, 0.05) is 11.6 Å². The Morgan fingerprint density at radius 2 is 1.86 bits per heavy atom. The lowest BCUT2D eigenvalue weighted by Crippen LogP contribution is -2.41. The molecule has 2 aromatic carbocycles. The van der Waals surface area contributed by atoms with Crippen molar-refractivity contribution in [3.05, 3.63) is 97.7 Å². The first-order chi connectivity index (χ1) is 16.7. The van der Waals surface area contributed by atoms with Gasteiger partial charge in [-0.05, 0) is 55.0 Å². The zero-order valence-electron chi connectivity index (χ0n) is 20.4. The minimum atomic E-state index is -0.239. The highest BCUT2D eigenvalue weighted by atomic mass is 35.5. The number of halogens is 1. The van der Waals surface area contributed by atoms with E-state index in [9.17, 15) is 4.79 Å². The van der Waals surface area contributed by atoms with Gasteiger partial charge < -0.3 is 4.90 Å². The fourth-order valence-electron chi connectivity index (χ4n) is 4.86. The van der Waals surface area contributed by atoms with Crippen molar-refractivity contribution in [2.24, 2.45) is 10.9 Å². The Hall–Kier alpha value is -2.96. The molecule has 0 fully saturated rings. The Labute approximate surface area is 214 Å². The summed E-state index contributed by atoms with van der Waals surface area (Å²) in [5, 5.41) is 3.22. The molecule has 7 heteroatoms. The largest absolute Gasteiger partial charge is 0.343 e. The quantitative estimate of drug-likeness (QED) is 0.305. The molecule has 1 unspecified atom stereocenters. The number of nitrogens with zero attached hydrogens (tertiary/aromatic N) is 4. The molecule has 5 rings (SSSR count). The molecule has 35 heavy (non-hydrogen) atoms. The van der Waals surface area contributed by atoms with E-state index >= 15 is 0 Å². The molecule has 180 valence electrons. The number of rotatable bonds is 6. The van der Waals surface area contributed by atoms with Gasteiger partial charge in [-0.1, -0.05) is 61.8 Å². The average Bonchev–Trinajstić information content (AvgIpc) is 3.44. The van der Waals surface area contributed by atoms with E-state index in [1.807, 2.05) is 34.9 Å². The van der Waals surface area contributed by atoms with Gasteiger partial charge in [0.1, 0.15) is 11.7 Å². The minimum absolute atomic E-state index is 0.0516. The highest BCUT2D eigenvalue weighted by Gasteiger charge is 2.40. The van der Waals surface area contributed by atoms with Crippen LogP contribution < -0.4 is 5.56 Å². The first kappa shape index (κ1) is 23.8. The van der Waals surface area contributed by atoms with Gasteiger partial charge in [-0.15, -0.1) is 11.3 Å². The van der Waals surface area contributed by atoms with Crippen molar-refractivity contribution in [1.29, 1.82) is 0 Å². The average molecular weight is 505 g/mol. The summed E-state index contributed by atoms with van der Waals surface area (Å²) in [5.74, 6) is 1.89. The van der Waals surface area contributed by atoms with Crippen LogP contribution in [0.2, 0.25) is 5.02 Å². The van der Waals surface area contributed by atoms with Gasteiger partial charge in [0.2, 0.25) is 0 Å². The van der Waals surface area contributed by atoms with Crippen molar-refractivity contribution in [1.82, 2.24) is 14.5 Å². The second-order valence-corrected chi connectivity index (χ2v) is 11.4. The highest BCUT2D eigenvalue weighted by molar-refractivity contribution is 7.12. The van der Waals surface area contributed by atoms with Crippen molar-refractivity contribution >= 4 is 39.7 Å². The number of aromatic nitrogens is 2. The molecule has 0 saturated heterocycles. The molecule has 1 aliphatic rings. The lowest BCUT2D eigenvalue weighted by Gasteiger charge is -2.35. The summed E-state index contributed by atoms with van der Waals surface area (Å²) < 4.78 is 1.84. The summed E-state index contributed by atoms with van der Waals surface area (Å²) in [6.07, 6.45) is 0. The van der Waals surface area contributed by atoms with E-state index in [1.54, 1.807) is 29.5 Å². The molecule has 5 nitrogen and oxygen atoms in total. The lowest BCUT2D eigenvalue weighted by atomic mass is 9.98. The van der Waals surface area contributed by atoms with Gasteiger partial charge in [0.05, 0.1) is 33.9 Å². The summed E-state index contributed by atoms with van der Waals surface area (Å²) in [6.45, 7) is 9.88. The van der Waals surface area contributed by atoms with E-state index in [2.05, 4.69) is 50.1 Å². The fourth-order valence-corrected chi connectivity index (χ4v) is 5.76. The van der Waals surface area contributed by atoms with Crippen LogP contribution in [-0.4, -0.2) is 32.4 Å². The van der Waals surface area contributed by atoms with Gasteiger partial charge in [-0.2, -0.15) is 0 Å². The van der Waals surface area contributed by atoms with Crippen LogP contribution in [0.1, 0.15) is 50.0 Å². The Bertz CT molecular complexity index is 1440. The lowest BCUT2D eigenvalue weighted by molar-refractivity contribution is 0.226. The first-order valence-electron chi connectivity index (χ1n) is 11.9. The maximum absolute atomic E-state index is 13.9. The summed E-state index contributed by atoms with van der Waals surface area (Å²) >= 11 is 8.00. The Balaban J connectivity index is 1.73. The SMILES string of the molecule is CC(C)C(c1nc2cc(Cl)ccc2c(=O)n1Cc1ccccc1)N1CC(C)(C)N=C1c1cccs1. The molecule has 0 amide bonds. The predicted molar refractivity (Wildman–Crippen MR) is 146 cm³/mol. The van der Waals surface area contributed by atoms with Crippen molar-refractivity contribution in [3.8, 4) is 0 Å². The third-order valence-corrected chi connectivity index (χ3v) is 7.44. The maximum atomic E-state index is 13.9. The van der Waals surface area contributed by atoms with Crippen LogP contribution >= 0.6 is 22.9 Å². The van der Waals surface area contributed by atoms with Crippen molar-refractivity contribution < 1.29 is 0 Å². The summed E-state index contributed by atoms with van der Waals surface area (Å²) in [7, 11) is 0. The highest BCUT2D eigenvalue weighted by Crippen LogP contribution is 2.36. The van der Waals surface area contributed by atoms with E-state index in [0.29, 0.717) is 22.5 Å². The van der Waals surface area contributed by atoms with E-state index in [-0.39, 0.29) is 23.1 Å². The molecular weight excluding hydrogens is 476 g/mol. The van der Waals surface area contributed by atoms with Crippen molar-refractivity contribution in [2.45, 2.75) is 45.8 Å². The molecule has 1 aliphatic heterocycles. The number of aliphatic imine (C=N–C) groups is 1. The molecule has 0 aliphatic carbocycles. The second-order valence-electron chi connectivity index (χ2n) is 10.1. The van der Waals surface area contributed by atoms with Gasteiger partial charge in [-0.25, -0.2) is 4.98 Å². The van der Waals surface area contributed by atoms with E-state index < -0.39 is 0 Å². The molecule has 0 N–H and O–H groups in total. The topological polar surface area (TPSA) is 50.5 Å². The monoisotopic (exact) mass is 504 g/mol. The standard InChI is InChI=1S/C28H29ClN4OS/c1-18(2)24(33-17-28(3,4)31-25(33)23-11-8-14-35-23)26-30-22-15-20(29)12-13-21(22)27(34)32(26)16-19-9-6-5-7-10-19/h5-15,18,24H,16-17H2,1-4H3. The van der Waals surface area contributed by atoms with Crippen molar-refractivity contribution in [2.75, 3.05) is 6.54 Å². The van der Waals surface area contributed by atoms with E-state index in [4.69, 9.17) is 21.6 Å². The number of thiophene rings is 1. The molecule has 0 saturated carbocycles. The Kier molecular flexibility index (Phi) is 6.28. The number of amidine groups is 1. The molecule has 1 atom stereocenters. The van der Waals surface area contributed by atoms with E-state index in [1.165, 1.54) is 0 Å². The van der Waals surface area contributed by atoms with Gasteiger partial charge in [0.15, 0.2) is 0 Å². The zero-order chi connectivity index (χ0) is 24.7. The molecular formula is C28H29ClN4OS. The first-order valence-corrected chi connectivity index (χ1v) is 13.1. The van der Waals surface area contributed by atoms with Crippen LogP contribution in [0.4, 0.5) is 0 Å². The van der Waals surface area contributed by atoms with Crippen molar-refractivity contribution in [3.63, 3.8) is 0 Å². The van der Waals surface area contributed by atoms with Crippen LogP contribution in [-0.2, 0) is 6.54 Å². The van der Waals surface area contributed by atoms with E-state index in [0.717, 1.165) is 28.6 Å². The summed E-state index contributed by atoms with van der Waals surface area (Å²) in [4.78, 5) is 27.6. The predicted octanol–water partition coefficient (Wildman–Crippen LogP) is 6.40. The molecule has 3 heterocycles. The number of hydrogen-bond donors (Lipinski definition) is 0. The normalized spacial score (nSPS) is 16.2. The smallest absolute Gasteiger partial charge is 0.261 e. The third-order valence-electron chi connectivity index (χ3n) is 6.34. The van der Waals surface area contributed by atoms with Crippen LogP contribution in [0, 0.1) is 5.92 Å². The molecule has 0 radical (unpaired) electrons. The van der Waals surface area contributed by atoms with Crippen LogP contribution in [0.5, 0.6) is 0 Å². The molecule has 4 aromatic rings. The number of benzene rings is 2. The Morgan fingerprint density at radius 1 is 1.09 bits per heavy atom. The summed E-state index contributed by atoms with van der Waals surface area (Å²) in [5.41, 5.74) is 1.39.